The highest BCUT2D eigenvalue weighted by Gasteiger charge is 2.30. The van der Waals surface area contributed by atoms with Crippen LogP contribution in [0.15, 0.2) is 58.1 Å². The minimum absolute atomic E-state index is 0.277. The Bertz CT molecular complexity index is 820. The molecule has 23 heavy (non-hydrogen) atoms. The predicted molar refractivity (Wildman–Crippen MR) is 94.2 cm³/mol. The second-order valence-electron chi connectivity index (χ2n) is 5.12. The molecule has 2 aromatic rings. The minimum Gasteiger partial charge on any atom is -0.319 e. The van der Waals surface area contributed by atoms with Crippen LogP contribution < -0.4 is 4.90 Å². The van der Waals surface area contributed by atoms with Crippen molar-refractivity contribution in [3.05, 3.63) is 54.4 Å². The number of sulfonamides is 1. The molecule has 0 bridgehead atoms. The van der Waals surface area contributed by atoms with Crippen molar-refractivity contribution in [2.24, 2.45) is 4.40 Å². The maximum absolute atomic E-state index is 12.4. The summed E-state index contributed by atoms with van der Waals surface area (Å²) >= 11 is 1.42. The summed E-state index contributed by atoms with van der Waals surface area (Å²) in [5.74, 6) is 0.630. The lowest BCUT2D eigenvalue weighted by Crippen LogP contribution is -2.34. The van der Waals surface area contributed by atoms with Crippen LogP contribution in [0.3, 0.4) is 0 Å². The lowest BCUT2D eigenvalue weighted by molar-refractivity contribution is 0.597. The molecule has 0 saturated carbocycles. The third-order valence-electron chi connectivity index (χ3n) is 3.40. The van der Waals surface area contributed by atoms with E-state index >= 15 is 0 Å². The van der Waals surface area contributed by atoms with E-state index in [1.54, 1.807) is 24.5 Å². The van der Waals surface area contributed by atoms with E-state index in [0.29, 0.717) is 16.6 Å². The van der Waals surface area contributed by atoms with Crippen LogP contribution in [0.25, 0.3) is 0 Å². The molecule has 120 valence electrons. The van der Waals surface area contributed by atoms with Crippen molar-refractivity contribution in [1.82, 2.24) is 4.98 Å². The van der Waals surface area contributed by atoms with Crippen molar-refractivity contribution < 1.29 is 8.42 Å². The topological polar surface area (TPSA) is 62.6 Å². The Morgan fingerprint density at radius 1 is 1.17 bits per heavy atom. The van der Waals surface area contributed by atoms with Gasteiger partial charge < -0.3 is 4.90 Å². The average Bonchev–Trinajstić information content (AvgIpc) is 2.57. The first-order valence-electron chi connectivity index (χ1n) is 7.35. The van der Waals surface area contributed by atoms with Crippen molar-refractivity contribution >= 4 is 32.6 Å². The molecule has 1 aliphatic rings. The fourth-order valence-corrected chi connectivity index (χ4v) is 4.79. The number of hydrogen-bond acceptors (Lipinski definition) is 5. The van der Waals surface area contributed by atoms with Gasteiger partial charge in [-0.05, 0) is 30.2 Å². The lowest BCUT2D eigenvalue weighted by Gasteiger charge is -2.30. The SMILES string of the molecule is CCCN1C(SCc2cccnc2)=NS(=O)(=O)c2ccccc21. The Kier molecular flexibility index (Phi) is 4.68. The molecule has 3 rings (SSSR count). The molecular weight excluding hydrogens is 330 g/mol. The fourth-order valence-electron chi connectivity index (χ4n) is 2.38. The van der Waals surface area contributed by atoms with Crippen LogP contribution in [0, 0.1) is 0 Å². The first-order chi connectivity index (χ1) is 11.1. The summed E-state index contributed by atoms with van der Waals surface area (Å²) < 4.78 is 28.8. The van der Waals surface area contributed by atoms with Gasteiger partial charge in [0.2, 0.25) is 0 Å². The third-order valence-corrected chi connectivity index (χ3v) is 5.88. The highest BCUT2D eigenvalue weighted by molar-refractivity contribution is 8.14. The number of anilines is 1. The molecule has 1 aliphatic heterocycles. The molecule has 5 nitrogen and oxygen atoms in total. The summed E-state index contributed by atoms with van der Waals surface area (Å²) in [5.41, 5.74) is 1.74. The molecule has 0 fully saturated rings. The van der Waals surface area contributed by atoms with Gasteiger partial charge in [-0.25, -0.2) is 0 Å². The Morgan fingerprint density at radius 3 is 2.74 bits per heavy atom. The molecule has 0 atom stereocenters. The van der Waals surface area contributed by atoms with E-state index in [-0.39, 0.29) is 4.90 Å². The van der Waals surface area contributed by atoms with Gasteiger partial charge in [-0.3, -0.25) is 4.98 Å². The van der Waals surface area contributed by atoms with Gasteiger partial charge in [0.05, 0.1) is 5.69 Å². The van der Waals surface area contributed by atoms with Crippen LogP contribution in [0.5, 0.6) is 0 Å². The molecule has 1 aromatic carbocycles. The van der Waals surface area contributed by atoms with E-state index in [1.807, 2.05) is 29.2 Å². The summed E-state index contributed by atoms with van der Waals surface area (Å²) in [4.78, 5) is 6.34. The quantitative estimate of drug-likeness (QED) is 0.849. The molecule has 0 saturated heterocycles. The standard InChI is InChI=1S/C16H17N3O2S2/c1-2-10-19-14-7-3-4-8-15(14)23(20,21)18-16(19)22-12-13-6-5-9-17-11-13/h3-9,11H,2,10,12H2,1H3. The molecule has 0 spiro atoms. The molecule has 1 aromatic heterocycles. The number of pyridine rings is 1. The first-order valence-corrected chi connectivity index (χ1v) is 9.77. The number of thioether (sulfide) groups is 1. The maximum Gasteiger partial charge on any atom is 0.286 e. The van der Waals surface area contributed by atoms with Gasteiger partial charge in [-0.1, -0.05) is 36.9 Å². The van der Waals surface area contributed by atoms with Crippen molar-refractivity contribution in [1.29, 1.82) is 0 Å². The third kappa shape index (κ3) is 3.40. The molecule has 0 amide bonds. The largest absolute Gasteiger partial charge is 0.319 e. The van der Waals surface area contributed by atoms with E-state index in [2.05, 4.69) is 16.3 Å². The van der Waals surface area contributed by atoms with Crippen LogP contribution in [0.4, 0.5) is 5.69 Å². The molecule has 0 aliphatic carbocycles. The van der Waals surface area contributed by atoms with Crippen molar-refractivity contribution in [2.45, 2.75) is 24.0 Å². The summed E-state index contributed by atoms with van der Waals surface area (Å²) in [6, 6.07) is 10.9. The number of hydrogen-bond donors (Lipinski definition) is 0. The molecule has 0 radical (unpaired) electrons. The Morgan fingerprint density at radius 2 is 2.00 bits per heavy atom. The van der Waals surface area contributed by atoms with E-state index in [9.17, 15) is 8.42 Å². The van der Waals surface area contributed by atoms with Crippen LogP contribution >= 0.6 is 11.8 Å². The zero-order valence-electron chi connectivity index (χ0n) is 12.7. The van der Waals surface area contributed by atoms with Gasteiger partial charge in [-0.15, -0.1) is 4.40 Å². The van der Waals surface area contributed by atoms with Gasteiger partial charge in [0.15, 0.2) is 5.17 Å². The van der Waals surface area contributed by atoms with Gasteiger partial charge in [0, 0.05) is 24.7 Å². The smallest absolute Gasteiger partial charge is 0.286 e. The van der Waals surface area contributed by atoms with Crippen molar-refractivity contribution in [3.8, 4) is 0 Å². The normalized spacial score (nSPS) is 15.9. The Balaban J connectivity index is 1.93. The zero-order valence-corrected chi connectivity index (χ0v) is 14.3. The molecule has 7 heteroatoms. The summed E-state index contributed by atoms with van der Waals surface area (Å²) in [6.45, 7) is 2.79. The predicted octanol–water partition coefficient (Wildman–Crippen LogP) is 3.29. The van der Waals surface area contributed by atoms with Gasteiger partial charge in [0.1, 0.15) is 4.90 Å². The van der Waals surface area contributed by atoms with Crippen molar-refractivity contribution in [2.75, 3.05) is 11.4 Å². The van der Waals surface area contributed by atoms with Crippen LogP contribution in [-0.4, -0.2) is 25.1 Å². The van der Waals surface area contributed by atoms with Crippen LogP contribution in [-0.2, 0) is 15.8 Å². The van der Waals surface area contributed by atoms with E-state index in [0.717, 1.165) is 18.5 Å². The first kappa shape index (κ1) is 16.0. The van der Waals surface area contributed by atoms with Crippen LogP contribution in [0.2, 0.25) is 0 Å². The number of aromatic nitrogens is 1. The molecule has 2 heterocycles. The van der Waals surface area contributed by atoms with E-state index in [1.165, 1.54) is 11.8 Å². The number of rotatable bonds is 4. The average molecular weight is 347 g/mol. The van der Waals surface area contributed by atoms with Crippen LogP contribution in [0.1, 0.15) is 18.9 Å². The van der Waals surface area contributed by atoms with Gasteiger partial charge in [0.25, 0.3) is 10.0 Å². The van der Waals surface area contributed by atoms with E-state index in [4.69, 9.17) is 0 Å². The second kappa shape index (κ2) is 6.72. The fraction of sp³-hybridized carbons (Fsp3) is 0.250. The van der Waals surface area contributed by atoms with Gasteiger partial charge >= 0.3 is 0 Å². The second-order valence-corrected chi connectivity index (χ2v) is 7.63. The number of fused-ring (bicyclic) bond motifs is 1. The maximum atomic E-state index is 12.4. The lowest BCUT2D eigenvalue weighted by atomic mass is 10.3. The highest BCUT2D eigenvalue weighted by atomic mass is 32.2. The van der Waals surface area contributed by atoms with E-state index < -0.39 is 10.0 Å². The summed E-state index contributed by atoms with van der Waals surface area (Å²) in [6.07, 6.45) is 4.40. The highest BCUT2D eigenvalue weighted by Crippen LogP contribution is 2.34. The Labute approximate surface area is 140 Å². The number of nitrogens with zero attached hydrogens (tertiary/aromatic N) is 3. The Hall–Kier alpha value is -1.86. The zero-order chi connectivity index (χ0) is 16.3. The summed E-state index contributed by atoms with van der Waals surface area (Å²) in [5, 5.41) is 0.523. The van der Waals surface area contributed by atoms with Crippen molar-refractivity contribution in [3.63, 3.8) is 0 Å². The summed E-state index contributed by atoms with van der Waals surface area (Å²) in [7, 11) is -3.64. The molecule has 0 N–H and O–H groups in total. The monoisotopic (exact) mass is 347 g/mol. The number of benzene rings is 1. The van der Waals surface area contributed by atoms with Gasteiger partial charge in [-0.2, -0.15) is 8.42 Å². The number of para-hydroxylation sites is 1. The number of amidine groups is 1. The minimum atomic E-state index is -3.64. The molecular formula is C16H17N3O2S2. The molecule has 0 unspecified atom stereocenters.